The van der Waals surface area contributed by atoms with Gasteiger partial charge >= 0.3 is 0 Å². The fourth-order valence-electron chi connectivity index (χ4n) is 2.48. The van der Waals surface area contributed by atoms with Crippen molar-refractivity contribution < 1.29 is 9.90 Å². The number of phenolic OH excluding ortho intramolecular Hbond substituents is 1. The third kappa shape index (κ3) is 2.50. The number of carbonyl (C=O) groups excluding carboxylic acids is 1. The van der Waals surface area contributed by atoms with Crippen LogP contribution in [0.15, 0.2) is 24.3 Å². The van der Waals surface area contributed by atoms with Gasteiger partial charge in [-0.25, -0.2) is 0 Å². The van der Waals surface area contributed by atoms with Crippen LogP contribution in [0, 0.1) is 0 Å². The van der Waals surface area contributed by atoms with Crippen molar-refractivity contribution in [2.45, 2.75) is 38.8 Å². The van der Waals surface area contributed by atoms with Crippen LogP contribution in [0.4, 0.5) is 0 Å². The molecule has 0 aromatic heterocycles. The molecule has 1 fully saturated rings. The van der Waals surface area contributed by atoms with E-state index in [4.69, 9.17) is 0 Å². The maximum absolute atomic E-state index is 12.1. The number of ketones is 1. The normalized spacial score (nSPS) is 22.1. The van der Waals surface area contributed by atoms with E-state index in [0.717, 1.165) is 18.5 Å². The zero-order valence-corrected chi connectivity index (χ0v) is 10.4. The van der Waals surface area contributed by atoms with Gasteiger partial charge in [-0.15, -0.1) is 0 Å². The van der Waals surface area contributed by atoms with E-state index in [1.807, 2.05) is 12.1 Å². The number of Topliss-reactive ketones (excluding diaryl/α,β-unsaturated/α-hetero) is 1. The van der Waals surface area contributed by atoms with Crippen LogP contribution in [0.25, 0.3) is 0 Å². The molecule has 2 rings (SSSR count). The molecule has 0 radical (unpaired) electrons. The summed E-state index contributed by atoms with van der Waals surface area (Å²) in [5, 5.41) is 9.30. The van der Waals surface area contributed by atoms with Crippen LogP contribution >= 0.6 is 0 Å². The van der Waals surface area contributed by atoms with Crippen LogP contribution in [0.2, 0.25) is 0 Å². The number of hydrogen-bond acceptors (Lipinski definition) is 3. The average molecular weight is 233 g/mol. The van der Waals surface area contributed by atoms with Gasteiger partial charge in [0.25, 0.3) is 0 Å². The van der Waals surface area contributed by atoms with Gasteiger partial charge in [-0.05, 0) is 44.5 Å². The van der Waals surface area contributed by atoms with E-state index in [0.29, 0.717) is 12.5 Å². The standard InChI is InChI=1S/C14H19NO2/c1-10(2)15-9-3-4-13(17)14(15)11-5-7-12(16)8-6-11/h5-8,10,14,16H,3-4,9H2,1-2H3. The molecule has 92 valence electrons. The molecule has 17 heavy (non-hydrogen) atoms. The second-order valence-corrected chi connectivity index (χ2v) is 4.90. The van der Waals surface area contributed by atoms with Crippen LogP contribution in [0.5, 0.6) is 5.75 Å². The molecule has 0 bridgehead atoms. The number of phenols is 1. The maximum atomic E-state index is 12.1. The Hall–Kier alpha value is -1.35. The first-order chi connectivity index (χ1) is 8.09. The monoisotopic (exact) mass is 233 g/mol. The lowest BCUT2D eigenvalue weighted by atomic mass is 9.93. The summed E-state index contributed by atoms with van der Waals surface area (Å²) in [4.78, 5) is 14.3. The third-order valence-electron chi connectivity index (χ3n) is 3.35. The predicted octanol–water partition coefficient (Wildman–Crippen LogP) is 2.51. The second kappa shape index (κ2) is 4.88. The number of benzene rings is 1. The van der Waals surface area contributed by atoms with E-state index in [1.165, 1.54) is 0 Å². The molecule has 1 aromatic rings. The lowest BCUT2D eigenvalue weighted by Crippen LogP contribution is -2.43. The number of carbonyl (C=O) groups is 1. The van der Waals surface area contributed by atoms with Crippen LogP contribution in [-0.4, -0.2) is 28.4 Å². The first kappa shape index (κ1) is 12.1. The van der Waals surface area contributed by atoms with Gasteiger partial charge in [-0.1, -0.05) is 12.1 Å². The van der Waals surface area contributed by atoms with Gasteiger partial charge < -0.3 is 5.11 Å². The topological polar surface area (TPSA) is 40.5 Å². The summed E-state index contributed by atoms with van der Waals surface area (Å²) in [6.07, 6.45) is 1.61. The van der Waals surface area contributed by atoms with Gasteiger partial charge in [0.15, 0.2) is 5.78 Å². The molecule has 1 atom stereocenters. The summed E-state index contributed by atoms with van der Waals surface area (Å²) in [5.41, 5.74) is 0.987. The Bertz CT molecular complexity index is 397. The highest BCUT2D eigenvalue weighted by Crippen LogP contribution is 2.30. The molecule has 1 aromatic carbocycles. The highest BCUT2D eigenvalue weighted by molar-refractivity contribution is 5.86. The predicted molar refractivity (Wildman–Crippen MR) is 66.9 cm³/mol. The summed E-state index contributed by atoms with van der Waals surface area (Å²) in [6, 6.07) is 7.21. The van der Waals surface area contributed by atoms with E-state index in [-0.39, 0.29) is 17.6 Å². The average Bonchev–Trinajstić information content (AvgIpc) is 2.30. The number of piperidine rings is 1. The minimum Gasteiger partial charge on any atom is -0.508 e. The SMILES string of the molecule is CC(C)N1CCCC(=O)C1c1ccc(O)cc1. The minimum absolute atomic E-state index is 0.135. The summed E-state index contributed by atoms with van der Waals surface area (Å²) < 4.78 is 0. The molecule has 3 nitrogen and oxygen atoms in total. The fourth-order valence-corrected chi connectivity index (χ4v) is 2.48. The Balaban J connectivity index is 2.31. The molecule has 1 N–H and O–H groups in total. The van der Waals surface area contributed by atoms with Crippen LogP contribution in [-0.2, 0) is 4.79 Å². The van der Waals surface area contributed by atoms with E-state index in [9.17, 15) is 9.90 Å². The Morgan fingerprint density at radius 2 is 1.94 bits per heavy atom. The van der Waals surface area contributed by atoms with Gasteiger partial charge in [0.1, 0.15) is 5.75 Å². The molecule has 1 heterocycles. The zero-order chi connectivity index (χ0) is 12.4. The highest BCUT2D eigenvalue weighted by atomic mass is 16.3. The zero-order valence-electron chi connectivity index (χ0n) is 10.4. The Kier molecular flexibility index (Phi) is 3.48. The van der Waals surface area contributed by atoms with Crippen molar-refractivity contribution in [3.8, 4) is 5.75 Å². The summed E-state index contributed by atoms with van der Waals surface area (Å²) >= 11 is 0. The van der Waals surface area contributed by atoms with Crippen LogP contribution in [0.3, 0.4) is 0 Å². The fraction of sp³-hybridized carbons (Fsp3) is 0.500. The van der Waals surface area contributed by atoms with Crippen molar-refractivity contribution in [1.29, 1.82) is 0 Å². The molecule has 0 saturated carbocycles. The quantitative estimate of drug-likeness (QED) is 0.853. The number of hydrogen-bond donors (Lipinski definition) is 1. The lowest BCUT2D eigenvalue weighted by molar-refractivity contribution is -0.128. The van der Waals surface area contributed by atoms with E-state index >= 15 is 0 Å². The lowest BCUT2D eigenvalue weighted by Gasteiger charge is -2.37. The second-order valence-electron chi connectivity index (χ2n) is 4.90. The van der Waals surface area contributed by atoms with Crippen LogP contribution < -0.4 is 0 Å². The van der Waals surface area contributed by atoms with E-state index in [2.05, 4.69) is 18.7 Å². The third-order valence-corrected chi connectivity index (χ3v) is 3.35. The van der Waals surface area contributed by atoms with Gasteiger partial charge in [0.2, 0.25) is 0 Å². The van der Waals surface area contributed by atoms with Crippen molar-refractivity contribution in [2.24, 2.45) is 0 Å². The molecular formula is C14H19NO2. The molecular weight excluding hydrogens is 214 g/mol. The Labute approximate surface area is 102 Å². The van der Waals surface area contributed by atoms with Crippen molar-refractivity contribution in [2.75, 3.05) is 6.54 Å². The minimum atomic E-state index is -0.135. The molecule has 0 aliphatic carbocycles. The van der Waals surface area contributed by atoms with Gasteiger partial charge in [-0.2, -0.15) is 0 Å². The molecule has 0 amide bonds. The Morgan fingerprint density at radius 1 is 1.29 bits per heavy atom. The van der Waals surface area contributed by atoms with Gasteiger partial charge in [-0.3, -0.25) is 9.69 Å². The molecule has 0 spiro atoms. The maximum Gasteiger partial charge on any atom is 0.154 e. The highest BCUT2D eigenvalue weighted by Gasteiger charge is 2.32. The molecule has 1 aliphatic heterocycles. The summed E-state index contributed by atoms with van der Waals surface area (Å²) in [6.45, 7) is 5.20. The number of nitrogens with zero attached hydrogens (tertiary/aromatic N) is 1. The van der Waals surface area contributed by atoms with Crippen molar-refractivity contribution in [3.05, 3.63) is 29.8 Å². The number of likely N-dealkylation sites (tertiary alicyclic amines) is 1. The molecule has 1 unspecified atom stereocenters. The largest absolute Gasteiger partial charge is 0.508 e. The molecule has 1 aliphatic rings. The van der Waals surface area contributed by atoms with E-state index in [1.54, 1.807) is 12.1 Å². The summed E-state index contributed by atoms with van der Waals surface area (Å²) in [5.74, 6) is 0.531. The Morgan fingerprint density at radius 3 is 2.53 bits per heavy atom. The first-order valence-electron chi connectivity index (χ1n) is 6.17. The number of aromatic hydroxyl groups is 1. The van der Waals surface area contributed by atoms with Gasteiger partial charge in [0, 0.05) is 12.5 Å². The molecule has 3 heteroatoms. The van der Waals surface area contributed by atoms with Gasteiger partial charge in [0.05, 0.1) is 6.04 Å². The van der Waals surface area contributed by atoms with Crippen molar-refractivity contribution in [3.63, 3.8) is 0 Å². The van der Waals surface area contributed by atoms with Crippen molar-refractivity contribution >= 4 is 5.78 Å². The van der Waals surface area contributed by atoms with Crippen molar-refractivity contribution in [1.82, 2.24) is 4.90 Å². The summed E-state index contributed by atoms with van der Waals surface area (Å²) in [7, 11) is 0. The first-order valence-corrected chi connectivity index (χ1v) is 6.17. The smallest absolute Gasteiger partial charge is 0.154 e. The van der Waals surface area contributed by atoms with E-state index < -0.39 is 0 Å². The molecule has 1 saturated heterocycles. The number of rotatable bonds is 2. The van der Waals surface area contributed by atoms with Crippen LogP contribution in [0.1, 0.15) is 38.3 Å².